The first-order valence-corrected chi connectivity index (χ1v) is 8.35. The molecule has 0 spiro atoms. The van der Waals surface area contributed by atoms with Crippen LogP contribution >= 0.6 is 24.0 Å². The summed E-state index contributed by atoms with van der Waals surface area (Å²) in [6, 6.07) is 18.9. The monoisotopic (exact) mass is 461 g/mol. The molecule has 6 heteroatoms. The van der Waals surface area contributed by atoms with Crippen LogP contribution in [0.3, 0.4) is 0 Å². The first-order chi connectivity index (χ1) is 12.3. The zero-order valence-electron chi connectivity index (χ0n) is 14.8. The fourth-order valence-electron chi connectivity index (χ4n) is 2.54. The van der Waals surface area contributed by atoms with Crippen molar-refractivity contribution in [1.29, 1.82) is 0 Å². The molecule has 0 aliphatic carbocycles. The summed E-state index contributed by atoms with van der Waals surface area (Å²) < 4.78 is 2.06. The number of nitrogens with one attached hydrogen (secondary N) is 2. The van der Waals surface area contributed by atoms with Crippen LogP contribution in [0.4, 0.5) is 0 Å². The van der Waals surface area contributed by atoms with Crippen molar-refractivity contribution in [3.05, 3.63) is 90.0 Å². The molecule has 0 unspecified atom stereocenters. The number of halogens is 1. The largest absolute Gasteiger partial charge is 0.352 e. The fourth-order valence-corrected chi connectivity index (χ4v) is 2.54. The van der Waals surface area contributed by atoms with Crippen molar-refractivity contribution in [3.8, 4) is 0 Å². The lowest BCUT2D eigenvalue weighted by atomic mass is 10.1. The summed E-state index contributed by atoms with van der Waals surface area (Å²) in [4.78, 5) is 8.34. The summed E-state index contributed by atoms with van der Waals surface area (Å²) in [6.07, 6.45) is 5.60. The number of hydrogen-bond donors (Lipinski definition) is 2. The molecule has 0 atom stereocenters. The fraction of sp³-hybridized carbons (Fsp3) is 0.200. The molecule has 0 bridgehead atoms. The minimum atomic E-state index is 0. The zero-order valence-corrected chi connectivity index (χ0v) is 17.1. The Morgan fingerprint density at radius 2 is 1.54 bits per heavy atom. The van der Waals surface area contributed by atoms with E-state index >= 15 is 0 Å². The Morgan fingerprint density at radius 3 is 2.12 bits per heavy atom. The topological polar surface area (TPSA) is 54.2 Å². The molecule has 1 aromatic heterocycles. The third-order valence-electron chi connectivity index (χ3n) is 3.93. The Labute approximate surface area is 171 Å². The molecule has 0 radical (unpaired) electrons. The molecule has 3 aromatic rings. The lowest BCUT2D eigenvalue weighted by molar-refractivity contribution is 0.792. The second kappa shape index (κ2) is 10.6. The number of benzene rings is 2. The predicted octanol–water partition coefficient (Wildman–Crippen LogP) is 3.41. The molecule has 0 aliphatic heterocycles. The maximum Gasteiger partial charge on any atom is 0.191 e. The van der Waals surface area contributed by atoms with Gasteiger partial charge in [-0.1, -0.05) is 54.6 Å². The number of aliphatic imine (C=N–C) groups is 1. The van der Waals surface area contributed by atoms with E-state index in [0.717, 1.165) is 25.6 Å². The van der Waals surface area contributed by atoms with Crippen molar-refractivity contribution in [2.24, 2.45) is 4.99 Å². The molecule has 26 heavy (non-hydrogen) atoms. The van der Waals surface area contributed by atoms with E-state index < -0.39 is 0 Å². The first-order valence-electron chi connectivity index (χ1n) is 8.35. The van der Waals surface area contributed by atoms with E-state index in [-0.39, 0.29) is 24.0 Å². The van der Waals surface area contributed by atoms with Gasteiger partial charge < -0.3 is 15.2 Å². The zero-order chi connectivity index (χ0) is 17.3. The SMILES string of the molecule is CN=C(NCc1ccccc1)NCc1ccc(Cn2ccnc2)cc1.I. The highest BCUT2D eigenvalue weighted by Gasteiger charge is 2.00. The van der Waals surface area contributed by atoms with E-state index in [4.69, 9.17) is 0 Å². The molecule has 1 heterocycles. The highest BCUT2D eigenvalue weighted by Crippen LogP contribution is 2.06. The first kappa shape index (κ1) is 20.0. The van der Waals surface area contributed by atoms with Gasteiger partial charge in [-0.2, -0.15) is 0 Å². The molecular weight excluding hydrogens is 437 g/mol. The molecule has 0 saturated carbocycles. The summed E-state index contributed by atoms with van der Waals surface area (Å²) in [5.41, 5.74) is 3.71. The van der Waals surface area contributed by atoms with Crippen molar-refractivity contribution in [2.75, 3.05) is 7.05 Å². The summed E-state index contributed by atoms with van der Waals surface area (Å²) in [5, 5.41) is 6.67. The van der Waals surface area contributed by atoms with Gasteiger partial charge >= 0.3 is 0 Å². The minimum Gasteiger partial charge on any atom is -0.352 e. The van der Waals surface area contributed by atoms with E-state index in [2.05, 4.69) is 61.6 Å². The number of nitrogens with zero attached hydrogens (tertiary/aromatic N) is 3. The van der Waals surface area contributed by atoms with Crippen LogP contribution < -0.4 is 10.6 Å². The average molecular weight is 461 g/mol. The van der Waals surface area contributed by atoms with Crippen LogP contribution in [0.2, 0.25) is 0 Å². The summed E-state index contributed by atoms with van der Waals surface area (Å²) in [6.45, 7) is 2.33. The molecular formula is C20H24IN5. The Hall–Kier alpha value is -2.35. The Kier molecular flexibility index (Phi) is 8.14. The van der Waals surface area contributed by atoms with Gasteiger partial charge in [0.05, 0.1) is 6.33 Å². The summed E-state index contributed by atoms with van der Waals surface area (Å²) >= 11 is 0. The van der Waals surface area contributed by atoms with E-state index in [1.165, 1.54) is 16.7 Å². The maximum atomic E-state index is 4.27. The van der Waals surface area contributed by atoms with Crippen LogP contribution in [0.15, 0.2) is 78.3 Å². The van der Waals surface area contributed by atoms with Gasteiger partial charge in [-0.25, -0.2) is 4.98 Å². The third kappa shape index (κ3) is 6.18. The molecule has 3 rings (SSSR count). The van der Waals surface area contributed by atoms with Gasteiger partial charge in [-0.15, -0.1) is 24.0 Å². The van der Waals surface area contributed by atoms with Gasteiger partial charge in [0.25, 0.3) is 0 Å². The third-order valence-corrected chi connectivity index (χ3v) is 3.93. The lowest BCUT2D eigenvalue weighted by Crippen LogP contribution is -2.36. The van der Waals surface area contributed by atoms with Gasteiger partial charge in [0, 0.05) is 39.1 Å². The lowest BCUT2D eigenvalue weighted by Gasteiger charge is -2.12. The van der Waals surface area contributed by atoms with Crippen LogP contribution in [-0.2, 0) is 19.6 Å². The van der Waals surface area contributed by atoms with Gasteiger partial charge in [-0.05, 0) is 16.7 Å². The summed E-state index contributed by atoms with van der Waals surface area (Å²) in [5.74, 6) is 0.798. The second-order valence-electron chi connectivity index (χ2n) is 5.82. The van der Waals surface area contributed by atoms with E-state index in [1.807, 2.05) is 30.7 Å². The van der Waals surface area contributed by atoms with E-state index in [1.54, 1.807) is 13.2 Å². The number of aromatic nitrogens is 2. The quantitative estimate of drug-likeness (QED) is 0.336. The van der Waals surface area contributed by atoms with Crippen LogP contribution in [0.25, 0.3) is 0 Å². The van der Waals surface area contributed by atoms with Gasteiger partial charge in [0.2, 0.25) is 0 Å². The van der Waals surface area contributed by atoms with Crippen molar-refractivity contribution in [3.63, 3.8) is 0 Å². The van der Waals surface area contributed by atoms with Crippen LogP contribution in [0.5, 0.6) is 0 Å². The van der Waals surface area contributed by atoms with Gasteiger partial charge in [0.15, 0.2) is 5.96 Å². The van der Waals surface area contributed by atoms with E-state index in [0.29, 0.717) is 0 Å². The molecule has 0 aliphatic rings. The highest BCUT2D eigenvalue weighted by atomic mass is 127. The van der Waals surface area contributed by atoms with Crippen molar-refractivity contribution >= 4 is 29.9 Å². The van der Waals surface area contributed by atoms with Gasteiger partial charge in [-0.3, -0.25) is 4.99 Å². The normalized spacial score (nSPS) is 10.9. The Bertz CT molecular complexity index is 783. The minimum absolute atomic E-state index is 0. The Balaban J connectivity index is 0.00000243. The standard InChI is InChI=1S/C20H23N5.HI/c1-21-20(23-13-17-5-3-2-4-6-17)24-14-18-7-9-19(10-8-18)15-25-12-11-22-16-25;/h2-12,16H,13-15H2,1H3,(H2,21,23,24);1H. The molecule has 0 amide bonds. The van der Waals surface area contributed by atoms with Crippen LogP contribution in [0, 0.1) is 0 Å². The number of guanidine groups is 1. The van der Waals surface area contributed by atoms with Crippen molar-refractivity contribution in [2.45, 2.75) is 19.6 Å². The highest BCUT2D eigenvalue weighted by molar-refractivity contribution is 14.0. The average Bonchev–Trinajstić information content (AvgIpc) is 3.17. The molecule has 136 valence electrons. The summed E-state index contributed by atoms with van der Waals surface area (Å²) in [7, 11) is 1.79. The Morgan fingerprint density at radius 1 is 0.923 bits per heavy atom. The predicted molar refractivity (Wildman–Crippen MR) is 117 cm³/mol. The molecule has 5 nitrogen and oxygen atoms in total. The van der Waals surface area contributed by atoms with Gasteiger partial charge in [0.1, 0.15) is 0 Å². The molecule has 2 aromatic carbocycles. The van der Waals surface area contributed by atoms with E-state index in [9.17, 15) is 0 Å². The van der Waals surface area contributed by atoms with Crippen LogP contribution in [0.1, 0.15) is 16.7 Å². The number of hydrogen-bond acceptors (Lipinski definition) is 2. The molecule has 0 saturated heterocycles. The van der Waals surface area contributed by atoms with Crippen molar-refractivity contribution < 1.29 is 0 Å². The maximum absolute atomic E-state index is 4.27. The number of rotatable bonds is 6. The number of imidazole rings is 1. The van der Waals surface area contributed by atoms with Crippen LogP contribution in [-0.4, -0.2) is 22.6 Å². The molecule has 0 fully saturated rings. The smallest absolute Gasteiger partial charge is 0.191 e. The molecule has 2 N–H and O–H groups in total. The van der Waals surface area contributed by atoms with Crippen molar-refractivity contribution in [1.82, 2.24) is 20.2 Å². The second-order valence-corrected chi connectivity index (χ2v) is 5.82.